The fourth-order valence-electron chi connectivity index (χ4n) is 3.10. The van der Waals surface area contributed by atoms with Crippen molar-refractivity contribution in [3.63, 3.8) is 0 Å². The SMILES string of the molecule is NCCCC(=O)NC1N=C(c2ccccc2)c2ccccc2N(CC=O)C1=O. The van der Waals surface area contributed by atoms with Gasteiger partial charge in [0.05, 0.1) is 17.9 Å². The first-order chi connectivity index (χ1) is 13.7. The van der Waals surface area contributed by atoms with Gasteiger partial charge in [-0.2, -0.15) is 0 Å². The van der Waals surface area contributed by atoms with Crippen LogP contribution in [0.2, 0.25) is 0 Å². The molecule has 2 aromatic carbocycles. The summed E-state index contributed by atoms with van der Waals surface area (Å²) in [5.74, 6) is -0.761. The second-order valence-corrected chi connectivity index (χ2v) is 6.34. The first kappa shape index (κ1) is 19.4. The molecule has 1 atom stereocenters. The van der Waals surface area contributed by atoms with Crippen LogP contribution in [0.3, 0.4) is 0 Å². The number of nitrogens with two attached hydrogens (primary N) is 1. The molecular formula is C21H22N4O3. The number of aldehydes is 1. The van der Waals surface area contributed by atoms with E-state index < -0.39 is 12.1 Å². The van der Waals surface area contributed by atoms with Crippen molar-refractivity contribution in [3.8, 4) is 0 Å². The summed E-state index contributed by atoms with van der Waals surface area (Å²) >= 11 is 0. The maximum Gasteiger partial charge on any atom is 0.272 e. The Morgan fingerprint density at radius 2 is 1.86 bits per heavy atom. The van der Waals surface area contributed by atoms with E-state index in [0.29, 0.717) is 30.7 Å². The van der Waals surface area contributed by atoms with Crippen LogP contribution in [0.5, 0.6) is 0 Å². The molecule has 1 heterocycles. The number of nitrogens with one attached hydrogen (secondary N) is 1. The molecule has 2 amide bonds. The van der Waals surface area contributed by atoms with Crippen LogP contribution in [0.25, 0.3) is 0 Å². The van der Waals surface area contributed by atoms with Crippen LogP contribution in [-0.2, 0) is 14.4 Å². The van der Waals surface area contributed by atoms with Crippen molar-refractivity contribution in [3.05, 3.63) is 65.7 Å². The molecule has 3 N–H and O–H groups in total. The van der Waals surface area contributed by atoms with Crippen LogP contribution in [0, 0.1) is 0 Å². The lowest BCUT2D eigenvalue weighted by atomic mass is 10.0. The third-order valence-electron chi connectivity index (χ3n) is 4.42. The Morgan fingerprint density at radius 1 is 1.14 bits per heavy atom. The van der Waals surface area contributed by atoms with Crippen LogP contribution in [-0.4, -0.2) is 43.1 Å². The van der Waals surface area contributed by atoms with Gasteiger partial charge in [0, 0.05) is 17.5 Å². The molecule has 0 spiro atoms. The number of carbonyl (C=O) groups excluding carboxylic acids is 3. The van der Waals surface area contributed by atoms with Gasteiger partial charge < -0.3 is 20.7 Å². The smallest absolute Gasteiger partial charge is 0.272 e. The maximum absolute atomic E-state index is 13.1. The summed E-state index contributed by atoms with van der Waals surface area (Å²) in [6, 6.07) is 16.7. The normalized spacial score (nSPS) is 16.0. The van der Waals surface area contributed by atoms with E-state index in [0.717, 1.165) is 11.1 Å². The summed E-state index contributed by atoms with van der Waals surface area (Å²) < 4.78 is 0. The average Bonchev–Trinajstić information content (AvgIpc) is 2.84. The molecule has 2 aromatic rings. The Labute approximate surface area is 163 Å². The van der Waals surface area contributed by atoms with Gasteiger partial charge in [0.25, 0.3) is 5.91 Å². The minimum Gasteiger partial charge on any atom is -0.330 e. The average molecular weight is 378 g/mol. The number of hydrogen-bond donors (Lipinski definition) is 2. The molecule has 1 aliphatic heterocycles. The van der Waals surface area contributed by atoms with Gasteiger partial charge >= 0.3 is 0 Å². The van der Waals surface area contributed by atoms with Crippen molar-refractivity contribution in [2.24, 2.45) is 10.7 Å². The van der Waals surface area contributed by atoms with Crippen molar-refractivity contribution in [1.82, 2.24) is 5.32 Å². The van der Waals surface area contributed by atoms with Gasteiger partial charge in [0.2, 0.25) is 12.1 Å². The predicted molar refractivity (Wildman–Crippen MR) is 107 cm³/mol. The van der Waals surface area contributed by atoms with Crippen LogP contribution in [0.15, 0.2) is 59.6 Å². The molecule has 144 valence electrons. The van der Waals surface area contributed by atoms with Crippen molar-refractivity contribution in [1.29, 1.82) is 0 Å². The topological polar surface area (TPSA) is 105 Å². The van der Waals surface area contributed by atoms with Gasteiger partial charge in [-0.25, -0.2) is 4.99 Å². The number of benzene rings is 2. The molecule has 0 fully saturated rings. The monoisotopic (exact) mass is 378 g/mol. The van der Waals surface area contributed by atoms with E-state index in [1.54, 1.807) is 12.1 Å². The zero-order chi connectivity index (χ0) is 19.9. The lowest BCUT2D eigenvalue weighted by Gasteiger charge is -2.23. The summed E-state index contributed by atoms with van der Waals surface area (Å²) in [5.41, 5.74) is 8.17. The maximum atomic E-state index is 13.1. The largest absolute Gasteiger partial charge is 0.330 e. The number of aliphatic imine (C=N–C) groups is 1. The molecule has 3 rings (SSSR count). The molecule has 7 nitrogen and oxygen atoms in total. The highest BCUT2D eigenvalue weighted by Crippen LogP contribution is 2.27. The van der Waals surface area contributed by atoms with Gasteiger partial charge in [0.1, 0.15) is 6.29 Å². The number of amides is 2. The van der Waals surface area contributed by atoms with Crippen LogP contribution >= 0.6 is 0 Å². The first-order valence-corrected chi connectivity index (χ1v) is 9.12. The number of nitrogens with zero attached hydrogens (tertiary/aromatic N) is 2. The summed E-state index contributed by atoms with van der Waals surface area (Å²) in [6.45, 7) is 0.260. The highest BCUT2D eigenvalue weighted by atomic mass is 16.2. The summed E-state index contributed by atoms with van der Waals surface area (Å²) in [5, 5.41) is 2.68. The van der Waals surface area contributed by atoms with E-state index in [1.165, 1.54) is 4.90 Å². The fraction of sp³-hybridized carbons (Fsp3) is 0.238. The molecule has 0 saturated heterocycles. The number of fused-ring (bicyclic) bond motifs is 1. The number of anilines is 1. The van der Waals surface area contributed by atoms with E-state index in [4.69, 9.17) is 5.73 Å². The summed E-state index contributed by atoms with van der Waals surface area (Å²) in [7, 11) is 0. The van der Waals surface area contributed by atoms with Crippen molar-refractivity contribution < 1.29 is 14.4 Å². The van der Waals surface area contributed by atoms with Crippen LogP contribution in [0.4, 0.5) is 5.69 Å². The zero-order valence-electron chi connectivity index (χ0n) is 15.4. The van der Waals surface area contributed by atoms with Crippen LogP contribution < -0.4 is 16.0 Å². The first-order valence-electron chi connectivity index (χ1n) is 9.12. The Hall–Kier alpha value is -3.32. The van der Waals surface area contributed by atoms with E-state index >= 15 is 0 Å². The number of carbonyl (C=O) groups is 3. The molecule has 0 bridgehead atoms. The van der Waals surface area contributed by atoms with E-state index in [1.807, 2.05) is 42.5 Å². The lowest BCUT2D eigenvalue weighted by molar-refractivity contribution is -0.127. The van der Waals surface area contributed by atoms with E-state index in [9.17, 15) is 14.4 Å². The molecule has 1 unspecified atom stereocenters. The van der Waals surface area contributed by atoms with Crippen molar-refractivity contribution in [2.45, 2.75) is 19.0 Å². The quantitative estimate of drug-likeness (QED) is 0.708. The Kier molecular flexibility index (Phi) is 6.29. The molecule has 7 heteroatoms. The third kappa shape index (κ3) is 4.15. The second-order valence-electron chi connectivity index (χ2n) is 6.34. The van der Waals surface area contributed by atoms with Gasteiger partial charge in [-0.3, -0.25) is 9.59 Å². The minimum absolute atomic E-state index is 0.122. The van der Waals surface area contributed by atoms with Gasteiger partial charge in [-0.1, -0.05) is 48.5 Å². The second kappa shape index (κ2) is 9.05. The number of benzodiazepines with no additional fused rings is 1. The Balaban J connectivity index is 2.09. The van der Waals surface area contributed by atoms with Crippen LogP contribution in [0.1, 0.15) is 24.0 Å². The highest BCUT2D eigenvalue weighted by molar-refractivity contribution is 6.20. The van der Waals surface area contributed by atoms with Gasteiger partial charge in [-0.05, 0) is 19.0 Å². The number of rotatable bonds is 7. The molecule has 0 saturated carbocycles. The molecule has 1 aliphatic rings. The van der Waals surface area contributed by atoms with Gasteiger partial charge in [0.15, 0.2) is 0 Å². The fourth-order valence-corrected chi connectivity index (χ4v) is 3.10. The molecule has 0 aliphatic carbocycles. The number of para-hydroxylation sites is 1. The third-order valence-corrected chi connectivity index (χ3v) is 4.42. The van der Waals surface area contributed by atoms with Crippen molar-refractivity contribution in [2.75, 3.05) is 18.0 Å². The standard InChI is InChI=1S/C21H22N4O3/c22-12-6-11-18(27)23-20-21(28)25(13-14-26)17-10-5-4-9-16(17)19(24-20)15-7-2-1-3-8-15/h1-5,7-10,14,20H,6,11-13,22H2,(H,23,27). The Bertz CT molecular complexity index is 896. The molecule has 0 aromatic heterocycles. The predicted octanol–water partition coefficient (Wildman–Crippen LogP) is 1.25. The number of hydrogen-bond acceptors (Lipinski definition) is 5. The molecular weight excluding hydrogens is 356 g/mol. The minimum atomic E-state index is -1.12. The van der Waals surface area contributed by atoms with Crippen molar-refractivity contribution >= 4 is 29.5 Å². The molecule has 28 heavy (non-hydrogen) atoms. The highest BCUT2D eigenvalue weighted by Gasteiger charge is 2.32. The Morgan fingerprint density at radius 3 is 2.57 bits per heavy atom. The van der Waals surface area contributed by atoms with E-state index in [2.05, 4.69) is 10.3 Å². The zero-order valence-corrected chi connectivity index (χ0v) is 15.4. The molecule has 0 radical (unpaired) electrons. The van der Waals surface area contributed by atoms with Gasteiger partial charge in [-0.15, -0.1) is 0 Å². The van der Waals surface area contributed by atoms with E-state index in [-0.39, 0.29) is 18.9 Å². The summed E-state index contributed by atoms with van der Waals surface area (Å²) in [4.78, 5) is 42.5. The lowest BCUT2D eigenvalue weighted by Crippen LogP contribution is -2.48. The summed E-state index contributed by atoms with van der Waals surface area (Å²) in [6.07, 6.45) is 0.264.